The quantitative estimate of drug-likeness (QED) is 0.125. The Labute approximate surface area is 209 Å². The minimum atomic E-state index is -2.11. The van der Waals surface area contributed by atoms with Crippen LogP contribution in [0.4, 0.5) is 0 Å². The van der Waals surface area contributed by atoms with Gasteiger partial charge in [0.05, 0.1) is 0 Å². The largest absolute Gasteiger partial charge is 4.00 e. The second-order valence-corrected chi connectivity index (χ2v) is 27.8. The van der Waals surface area contributed by atoms with Crippen molar-refractivity contribution in [1.29, 1.82) is 0 Å². The third kappa shape index (κ3) is 14.0. The Morgan fingerprint density at radius 2 is 1.40 bits per heavy atom. The topological polar surface area (TPSA) is 18.5 Å². The molecule has 0 unspecified atom stereocenters. The molecule has 0 fully saturated rings. The van der Waals surface area contributed by atoms with Gasteiger partial charge in [-0.15, -0.1) is 13.0 Å². The zero-order chi connectivity index (χ0) is 20.2. The normalized spacial score (nSPS) is 14.3. The molecule has 0 aliphatic heterocycles. The van der Waals surface area contributed by atoms with E-state index < -0.39 is 33.3 Å². The van der Waals surface area contributed by atoms with Crippen LogP contribution >= 0.6 is 0 Å². The fraction of sp³-hybridized carbons (Fsp3) is 0.609. The number of rotatable bonds is 11. The van der Waals surface area contributed by atoms with Crippen LogP contribution in [0.5, 0.6) is 0 Å². The van der Waals surface area contributed by atoms with E-state index in [9.17, 15) is 0 Å². The van der Waals surface area contributed by atoms with E-state index in [0.29, 0.717) is 0 Å². The van der Waals surface area contributed by atoms with Gasteiger partial charge in [-0.1, -0.05) is 32.0 Å². The zero-order valence-corrected chi connectivity index (χ0v) is 28.3. The molecule has 7 heteroatoms. The van der Waals surface area contributed by atoms with Crippen LogP contribution in [-0.4, -0.2) is 33.3 Å². The molecule has 0 N–H and O–H groups in total. The van der Waals surface area contributed by atoms with E-state index in [1.54, 1.807) is 5.57 Å². The minimum Gasteiger partial charge on any atom is -0.437 e. The molecule has 180 valence electrons. The summed E-state index contributed by atoms with van der Waals surface area (Å²) in [5.74, 6) is 0. The molecule has 0 saturated carbocycles. The van der Waals surface area contributed by atoms with Crippen molar-refractivity contribution in [2.24, 2.45) is 0 Å². The summed E-state index contributed by atoms with van der Waals surface area (Å²) < 4.78 is 13.3. The van der Waals surface area contributed by atoms with Gasteiger partial charge in [-0.2, -0.15) is 6.08 Å². The molecule has 2 nitrogen and oxygen atoms in total. The molecule has 0 saturated heterocycles. The van der Waals surface area contributed by atoms with Crippen molar-refractivity contribution >= 4 is 33.3 Å². The molecular formula is C23H50O2PtSi4. The molecule has 0 amide bonds. The van der Waals surface area contributed by atoms with E-state index in [1.807, 2.05) is 0 Å². The van der Waals surface area contributed by atoms with Crippen LogP contribution in [-0.2, 0) is 29.3 Å². The van der Waals surface area contributed by atoms with Crippen molar-refractivity contribution in [1.82, 2.24) is 0 Å². The molecule has 0 aromatic carbocycles. The van der Waals surface area contributed by atoms with Gasteiger partial charge in [0.15, 0.2) is 16.6 Å². The van der Waals surface area contributed by atoms with Gasteiger partial charge in [-0.3, -0.25) is 6.08 Å². The zero-order valence-electron chi connectivity index (χ0n) is 22.0. The number of allylic oxidation sites excluding steroid dienone is 5. The molecule has 1 rings (SSSR count). The summed E-state index contributed by atoms with van der Waals surface area (Å²) in [6.07, 6.45) is 11.4. The van der Waals surface area contributed by atoms with Gasteiger partial charge in [0.1, 0.15) is 0 Å². The third-order valence-electron chi connectivity index (χ3n) is 4.40. The molecule has 0 atom stereocenters. The van der Waals surface area contributed by atoms with Gasteiger partial charge < -0.3 is 30.5 Å². The summed E-state index contributed by atoms with van der Waals surface area (Å²) in [6, 6.07) is 2.23. The van der Waals surface area contributed by atoms with Crippen LogP contribution < -0.4 is 0 Å². The molecule has 30 heavy (non-hydrogen) atoms. The smallest absolute Gasteiger partial charge is 0.437 e. The first-order valence-electron chi connectivity index (χ1n) is 9.99. The Kier molecular flexibility index (Phi) is 18.7. The van der Waals surface area contributed by atoms with E-state index in [2.05, 4.69) is 83.7 Å². The fourth-order valence-corrected chi connectivity index (χ4v) is 19.0. The van der Waals surface area contributed by atoms with Crippen LogP contribution in [0.25, 0.3) is 0 Å². The van der Waals surface area contributed by atoms with Gasteiger partial charge >= 0.3 is 29.6 Å². The van der Waals surface area contributed by atoms with Crippen molar-refractivity contribution in [3.63, 3.8) is 0 Å². The number of hydrogen-bond donors (Lipinski definition) is 0. The Morgan fingerprint density at radius 1 is 0.933 bits per heavy atom. The van der Waals surface area contributed by atoms with Crippen molar-refractivity contribution in [2.75, 3.05) is 0 Å². The molecule has 0 heterocycles. The van der Waals surface area contributed by atoms with E-state index in [-0.39, 0.29) is 43.3 Å². The fourth-order valence-electron chi connectivity index (χ4n) is 3.87. The third-order valence-corrected chi connectivity index (χ3v) is 17.2. The monoisotopic (exact) mass is 665 g/mol. The van der Waals surface area contributed by atoms with Crippen molar-refractivity contribution < 1.29 is 29.3 Å². The maximum Gasteiger partial charge on any atom is 4.00 e. The standard InChI is InChI=1S/C20H41O2Si4.3CH3.Pt/c1-11-17-25(8,9)20-16-12-14-19(20)15-13-18-26(10,21-23(2,3)4)22-24(5,6)7;;;;/h11,14H,1,12-13,15,17-18H2,2-10H3;3*1H3;/q4*-1;+4. The minimum absolute atomic E-state index is 0. The van der Waals surface area contributed by atoms with Gasteiger partial charge in [0.2, 0.25) is 0 Å². The first kappa shape index (κ1) is 38.0. The summed E-state index contributed by atoms with van der Waals surface area (Å²) in [5, 5.41) is 1.54. The Morgan fingerprint density at radius 3 is 1.80 bits per heavy atom. The van der Waals surface area contributed by atoms with E-state index in [0.717, 1.165) is 31.4 Å². The molecule has 0 aromatic rings. The van der Waals surface area contributed by atoms with Gasteiger partial charge in [0.25, 0.3) is 0 Å². The van der Waals surface area contributed by atoms with Crippen LogP contribution in [0.2, 0.25) is 71.0 Å². The summed E-state index contributed by atoms with van der Waals surface area (Å²) in [6.45, 7) is 24.8. The van der Waals surface area contributed by atoms with Gasteiger partial charge in [0, 0.05) is 8.07 Å². The van der Waals surface area contributed by atoms with Gasteiger partial charge in [-0.25, -0.2) is 10.8 Å². The Hall–Kier alpha value is 0.696. The SMILES string of the molecule is C=CC[Si](C)(C)C1=[C-]CC=C1CCC[Si](C)(O[Si](C)(C)C)O[Si](C)(C)C.[CH3-].[CH3-].[CH3-].[Pt+4]. The molecule has 1 aliphatic carbocycles. The summed E-state index contributed by atoms with van der Waals surface area (Å²) in [7, 11) is -6.75. The maximum atomic E-state index is 6.64. The summed E-state index contributed by atoms with van der Waals surface area (Å²) in [5.41, 5.74) is 1.54. The predicted molar refractivity (Wildman–Crippen MR) is 146 cm³/mol. The van der Waals surface area contributed by atoms with E-state index in [1.165, 1.54) is 5.20 Å². The molecule has 0 spiro atoms. The van der Waals surface area contributed by atoms with Crippen LogP contribution in [0.15, 0.2) is 29.5 Å². The van der Waals surface area contributed by atoms with E-state index >= 15 is 0 Å². The molecular weight excluding hydrogens is 616 g/mol. The summed E-state index contributed by atoms with van der Waals surface area (Å²) >= 11 is 0. The first-order valence-corrected chi connectivity index (χ1v) is 22.5. The second-order valence-electron chi connectivity index (χ2n) is 10.3. The van der Waals surface area contributed by atoms with Crippen molar-refractivity contribution in [3.8, 4) is 0 Å². The Bertz CT molecular complexity index is 543. The maximum absolute atomic E-state index is 6.64. The average Bonchev–Trinajstić information content (AvgIpc) is 2.82. The predicted octanol–water partition coefficient (Wildman–Crippen LogP) is 8.38. The second kappa shape index (κ2) is 14.8. The van der Waals surface area contributed by atoms with Crippen LogP contribution in [0.3, 0.4) is 0 Å². The van der Waals surface area contributed by atoms with Crippen molar-refractivity contribution in [2.45, 2.75) is 90.3 Å². The molecule has 0 radical (unpaired) electrons. The van der Waals surface area contributed by atoms with Crippen molar-refractivity contribution in [3.05, 3.63) is 57.9 Å². The summed E-state index contributed by atoms with van der Waals surface area (Å²) in [4.78, 5) is 0. The van der Waals surface area contributed by atoms with Crippen LogP contribution in [0.1, 0.15) is 19.3 Å². The average molecular weight is 666 g/mol. The molecule has 0 aromatic heterocycles. The Balaban J connectivity index is -0.000000845. The van der Waals surface area contributed by atoms with E-state index in [4.69, 9.17) is 8.23 Å². The molecule has 0 bridgehead atoms. The molecule has 1 aliphatic rings. The number of hydrogen-bond acceptors (Lipinski definition) is 2. The van der Waals surface area contributed by atoms with Crippen LogP contribution in [0, 0.1) is 28.4 Å². The van der Waals surface area contributed by atoms with Gasteiger partial charge in [-0.05, 0) is 57.9 Å². The first-order chi connectivity index (χ1) is 11.7.